The van der Waals surface area contributed by atoms with E-state index in [1.807, 2.05) is 0 Å². The van der Waals surface area contributed by atoms with Crippen molar-refractivity contribution in [3.63, 3.8) is 0 Å². The Labute approximate surface area is 88.1 Å². The summed E-state index contributed by atoms with van der Waals surface area (Å²) in [5, 5.41) is -0.546. The van der Waals surface area contributed by atoms with E-state index in [-0.39, 0.29) is 17.6 Å². The number of hydrogen-bond donors (Lipinski definition) is 0. The lowest BCUT2D eigenvalue weighted by atomic mass is 10.1. The van der Waals surface area contributed by atoms with Crippen molar-refractivity contribution in [1.82, 2.24) is 0 Å². The Hall–Kier alpha value is -1.07. The van der Waals surface area contributed by atoms with Crippen LogP contribution in [0.5, 0.6) is 0 Å². The van der Waals surface area contributed by atoms with Crippen LogP contribution in [0.4, 0.5) is 13.2 Å². The third-order valence-corrected chi connectivity index (χ3v) is 3.07. The summed E-state index contributed by atoms with van der Waals surface area (Å²) in [5.41, 5.74) is 0.0782. The second-order valence-electron chi connectivity index (χ2n) is 3.02. The number of benzene rings is 1. The Bertz CT molecular complexity index is 507. The smallest absolute Gasteiger partial charge is 0.183 e. The second kappa shape index (κ2) is 3.83. The Balaban J connectivity index is 2.77. The summed E-state index contributed by atoms with van der Waals surface area (Å²) < 4.78 is 44.8. The third-order valence-electron chi connectivity index (χ3n) is 2.08. The van der Waals surface area contributed by atoms with E-state index in [9.17, 15) is 13.2 Å². The van der Waals surface area contributed by atoms with Gasteiger partial charge in [0.2, 0.25) is 0 Å². The van der Waals surface area contributed by atoms with Gasteiger partial charge in [-0.15, -0.1) is 11.3 Å². The number of halogens is 3. The highest BCUT2D eigenvalue weighted by molar-refractivity contribution is 7.17. The molecule has 2 rings (SSSR count). The molecule has 0 aliphatic rings. The van der Waals surface area contributed by atoms with Crippen LogP contribution in [0.25, 0.3) is 10.1 Å². The molecule has 0 amide bonds. The van der Waals surface area contributed by atoms with Gasteiger partial charge in [-0.2, -0.15) is 4.39 Å². The van der Waals surface area contributed by atoms with E-state index in [2.05, 4.69) is 0 Å². The van der Waals surface area contributed by atoms with Gasteiger partial charge in [-0.05, 0) is 12.1 Å². The van der Waals surface area contributed by atoms with Gasteiger partial charge in [0, 0.05) is 22.8 Å². The Kier molecular flexibility index (Phi) is 2.67. The standard InChI is InChI=1S/C10H7F3OS/c1-14-4-5-8-7(15-10(5)13)3-2-6(11)9(8)12/h2-3H,4H2,1H3. The molecule has 1 aromatic heterocycles. The maximum absolute atomic E-state index is 13.4. The molecule has 2 aromatic rings. The number of fused-ring (bicyclic) bond motifs is 1. The molecular formula is C10H7F3OS. The lowest BCUT2D eigenvalue weighted by Crippen LogP contribution is -1.92. The fraction of sp³-hybridized carbons (Fsp3) is 0.200. The molecule has 0 saturated carbocycles. The number of ether oxygens (including phenoxy) is 1. The first kappa shape index (κ1) is 10.4. The Morgan fingerprint density at radius 2 is 2.00 bits per heavy atom. The van der Waals surface area contributed by atoms with Crippen LogP contribution < -0.4 is 0 Å². The van der Waals surface area contributed by atoms with E-state index in [1.54, 1.807) is 0 Å². The topological polar surface area (TPSA) is 9.23 Å². The SMILES string of the molecule is COCc1c(F)sc2ccc(F)c(F)c12. The molecule has 0 bridgehead atoms. The molecule has 80 valence electrons. The molecule has 0 atom stereocenters. The molecule has 1 aromatic carbocycles. The fourth-order valence-electron chi connectivity index (χ4n) is 1.43. The maximum Gasteiger partial charge on any atom is 0.183 e. The molecule has 0 unspecified atom stereocenters. The van der Waals surface area contributed by atoms with Crippen LogP contribution in [0.2, 0.25) is 0 Å². The van der Waals surface area contributed by atoms with Crippen LogP contribution in [-0.4, -0.2) is 7.11 Å². The van der Waals surface area contributed by atoms with Crippen LogP contribution in [0.15, 0.2) is 12.1 Å². The molecule has 5 heteroatoms. The van der Waals surface area contributed by atoms with Crippen LogP contribution in [-0.2, 0) is 11.3 Å². The summed E-state index contributed by atoms with van der Waals surface area (Å²) in [7, 11) is 1.38. The summed E-state index contributed by atoms with van der Waals surface area (Å²) in [5.74, 6) is -1.99. The number of hydrogen-bond acceptors (Lipinski definition) is 2. The highest BCUT2D eigenvalue weighted by atomic mass is 32.1. The molecule has 0 aliphatic carbocycles. The summed E-state index contributed by atoms with van der Waals surface area (Å²) in [6, 6.07) is 2.35. The fourth-order valence-corrected chi connectivity index (χ4v) is 2.36. The average molecular weight is 232 g/mol. The molecule has 1 heterocycles. The molecule has 0 N–H and O–H groups in total. The van der Waals surface area contributed by atoms with Crippen molar-refractivity contribution in [3.8, 4) is 0 Å². The zero-order valence-corrected chi connectivity index (χ0v) is 8.63. The first-order valence-electron chi connectivity index (χ1n) is 4.19. The van der Waals surface area contributed by atoms with Crippen molar-refractivity contribution < 1.29 is 17.9 Å². The minimum Gasteiger partial charge on any atom is -0.380 e. The molecule has 0 saturated heterocycles. The largest absolute Gasteiger partial charge is 0.380 e. The van der Waals surface area contributed by atoms with E-state index < -0.39 is 16.8 Å². The summed E-state index contributed by atoms with van der Waals surface area (Å²) in [4.78, 5) is 0. The minimum absolute atomic E-state index is 0.0145. The van der Waals surface area contributed by atoms with Crippen molar-refractivity contribution in [2.24, 2.45) is 0 Å². The molecule has 0 radical (unpaired) electrons. The van der Waals surface area contributed by atoms with Crippen LogP contribution in [0.1, 0.15) is 5.56 Å². The molecule has 1 nitrogen and oxygen atoms in total. The van der Waals surface area contributed by atoms with Crippen molar-refractivity contribution >= 4 is 21.4 Å². The van der Waals surface area contributed by atoms with Gasteiger partial charge in [-0.1, -0.05) is 0 Å². The maximum atomic E-state index is 13.4. The normalized spacial score (nSPS) is 11.2. The Morgan fingerprint density at radius 3 is 2.67 bits per heavy atom. The average Bonchev–Trinajstić information content (AvgIpc) is 2.51. The van der Waals surface area contributed by atoms with Crippen LogP contribution in [0, 0.1) is 16.8 Å². The predicted octanol–water partition coefficient (Wildman–Crippen LogP) is 3.47. The molecule has 15 heavy (non-hydrogen) atoms. The predicted molar refractivity (Wildman–Crippen MR) is 52.4 cm³/mol. The number of methoxy groups -OCH3 is 1. The third kappa shape index (κ3) is 1.61. The van der Waals surface area contributed by atoms with Gasteiger partial charge in [0.05, 0.1) is 6.61 Å². The number of thiophene rings is 1. The molecular weight excluding hydrogens is 225 g/mol. The highest BCUT2D eigenvalue weighted by Crippen LogP contribution is 2.33. The van der Waals surface area contributed by atoms with Gasteiger partial charge < -0.3 is 4.74 Å². The quantitative estimate of drug-likeness (QED) is 0.770. The van der Waals surface area contributed by atoms with Gasteiger partial charge >= 0.3 is 0 Å². The zero-order chi connectivity index (χ0) is 11.0. The molecule has 0 fully saturated rings. The van der Waals surface area contributed by atoms with Crippen molar-refractivity contribution in [3.05, 3.63) is 34.5 Å². The van der Waals surface area contributed by atoms with Gasteiger partial charge in [0.15, 0.2) is 16.8 Å². The molecule has 0 spiro atoms. The minimum atomic E-state index is -1.01. The van der Waals surface area contributed by atoms with E-state index in [0.717, 1.165) is 17.4 Å². The second-order valence-corrected chi connectivity index (χ2v) is 4.02. The van der Waals surface area contributed by atoms with E-state index >= 15 is 0 Å². The first-order valence-corrected chi connectivity index (χ1v) is 5.00. The lowest BCUT2D eigenvalue weighted by molar-refractivity contribution is 0.183. The summed E-state index contributed by atoms with van der Waals surface area (Å²) in [6.45, 7) is -0.0633. The van der Waals surface area contributed by atoms with E-state index in [0.29, 0.717) is 4.70 Å². The van der Waals surface area contributed by atoms with E-state index in [4.69, 9.17) is 4.74 Å². The van der Waals surface area contributed by atoms with Crippen LogP contribution in [0.3, 0.4) is 0 Å². The highest BCUT2D eigenvalue weighted by Gasteiger charge is 2.17. The Morgan fingerprint density at radius 1 is 1.27 bits per heavy atom. The van der Waals surface area contributed by atoms with Gasteiger partial charge in [-0.3, -0.25) is 0 Å². The molecule has 0 aliphatic heterocycles. The van der Waals surface area contributed by atoms with Crippen molar-refractivity contribution in [1.29, 1.82) is 0 Å². The van der Waals surface area contributed by atoms with Gasteiger partial charge in [0.1, 0.15) is 0 Å². The van der Waals surface area contributed by atoms with Crippen molar-refractivity contribution in [2.75, 3.05) is 7.11 Å². The summed E-state index contributed by atoms with van der Waals surface area (Å²) >= 11 is 0.788. The van der Waals surface area contributed by atoms with Gasteiger partial charge in [0.25, 0.3) is 0 Å². The van der Waals surface area contributed by atoms with E-state index in [1.165, 1.54) is 13.2 Å². The lowest BCUT2D eigenvalue weighted by Gasteiger charge is -1.99. The summed E-state index contributed by atoms with van der Waals surface area (Å²) in [6.07, 6.45) is 0. The van der Waals surface area contributed by atoms with Crippen molar-refractivity contribution in [2.45, 2.75) is 6.61 Å². The first-order chi connectivity index (χ1) is 7.15. The zero-order valence-electron chi connectivity index (χ0n) is 7.81. The van der Waals surface area contributed by atoms with Gasteiger partial charge in [-0.25, -0.2) is 8.78 Å². The monoisotopic (exact) mass is 232 g/mol. The number of rotatable bonds is 2. The van der Waals surface area contributed by atoms with Crippen LogP contribution >= 0.6 is 11.3 Å².